The zero-order chi connectivity index (χ0) is 72.6. The van der Waals surface area contributed by atoms with Crippen molar-refractivity contribution in [3.63, 3.8) is 0 Å². The number of halogens is 1. The van der Waals surface area contributed by atoms with Gasteiger partial charge in [0.2, 0.25) is 0 Å². The summed E-state index contributed by atoms with van der Waals surface area (Å²) < 4.78 is 13.5. The first kappa shape index (κ1) is 68.4. The summed E-state index contributed by atoms with van der Waals surface area (Å²) >= 11 is 3.65. The van der Waals surface area contributed by atoms with Crippen LogP contribution < -0.4 is 15.3 Å². The highest BCUT2D eigenvalue weighted by Gasteiger charge is 2.51. The van der Waals surface area contributed by atoms with Gasteiger partial charge in [-0.15, -0.1) is 0 Å². The lowest BCUT2D eigenvalue weighted by molar-refractivity contribution is 0.00578. The van der Waals surface area contributed by atoms with Crippen molar-refractivity contribution < 1.29 is 10.7 Å². The first-order valence-electron chi connectivity index (χ1n) is 37.2. The van der Waals surface area contributed by atoms with Crippen LogP contribution in [0.15, 0.2) is 381 Å². The van der Waals surface area contributed by atoms with Gasteiger partial charge >= 0.3 is 7.12 Å². The fourth-order valence-electron chi connectivity index (χ4n) is 16.6. The molecule has 0 saturated carbocycles. The van der Waals surface area contributed by atoms with Crippen molar-refractivity contribution in [2.45, 2.75) is 46.3 Å². The molecule has 3 heterocycles. The molecule has 524 valence electrons. The molecule has 1 fully saturated rings. The van der Waals surface area contributed by atoms with E-state index in [0.29, 0.717) is 0 Å². The number of para-hydroxylation sites is 6. The molecule has 3 aliphatic heterocycles. The molecular weight excluding hydrogens is 1390 g/mol. The topological polar surface area (TPSA) is 24.9 Å². The molecule has 18 aromatic carbocycles. The number of rotatable bonds is 6. The van der Waals surface area contributed by atoms with Gasteiger partial charge in [0.05, 0.1) is 34.0 Å². The Kier molecular flexibility index (Phi) is 17.6. The Bertz CT molecular complexity index is 6460. The summed E-state index contributed by atoms with van der Waals surface area (Å²) in [5.74, 6) is 0. The molecule has 0 bridgehead atoms. The van der Waals surface area contributed by atoms with E-state index in [1.807, 2.05) is 0 Å². The summed E-state index contributed by atoms with van der Waals surface area (Å²) in [6, 6.07) is 136. The molecule has 0 unspecified atom stereocenters. The monoisotopic (exact) mass is 1470 g/mol. The number of hydrogen-bond acceptors (Lipinski definition) is 4. The number of hydrogen-bond donors (Lipinski definition) is 0. The zero-order valence-electron chi connectivity index (χ0n) is 60.5. The number of fused-ring (bicyclic) bond motifs is 22. The van der Waals surface area contributed by atoms with Crippen LogP contribution in [0.2, 0.25) is 0 Å². The Hall–Kier alpha value is -12.4. The highest BCUT2D eigenvalue weighted by atomic mass is 79.9. The summed E-state index contributed by atoms with van der Waals surface area (Å²) in [4.78, 5) is 4.76. The molecular formula is C103H80BBrN2O2. The van der Waals surface area contributed by atoms with Gasteiger partial charge in [0.1, 0.15) is 0 Å². The zero-order valence-corrected chi connectivity index (χ0v) is 62.0. The van der Waals surface area contributed by atoms with Gasteiger partial charge in [-0.05, 0) is 232 Å². The van der Waals surface area contributed by atoms with Gasteiger partial charge in [0.15, 0.2) is 0 Å². The predicted molar refractivity (Wildman–Crippen MR) is 471 cm³/mol. The maximum Gasteiger partial charge on any atom is 0.494 e. The van der Waals surface area contributed by atoms with E-state index in [2.05, 4.69) is 430 Å². The van der Waals surface area contributed by atoms with Crippen molar-refractivity contribution in [3.05, 3.63) is 381 Å². The summed E-state index contributed by atoms with van der Waals surface area (Å²) in [7, 11) is -0.337. The standard InChI is InChI=1S/C48H31N.C30H27BO2.C24H16BrN.CH4.H2/c1-2-12-36(13-3-1)49-47-20-10-8-18-43(47)42-29-27-35(31-46(42)44-19-9-11-21-48(44)49)33-24-22-32(23-25-33)34-26-28-41-39-16-5-4-14-37(39)38-15-6-7-17-40(38)45(41)30-34;1-29(2)30(3,4)33-31(32-29)22-16-13-20(14-17-22)21-15-18-27-25-11-6-5-9-23(25)24-10-7-8-12-26(24)28(27)19-21;25-17-14-15-19-20-10-4-6-12-23(20)26(18-8-2-1-3-9-18)24-13-7-5-11-21(24)22(19)16-17;;/h1-31H;5-19H,1-4H3;1-16H;1H4;1H/i;;;;1+1. The molecule has 0 radical (unpaired) electrons. The average Bonchev–Trinajstić information content (AvgIpc) is 1.29. The summed E-state index contributed by atoms with van der Waals surface area (Å²) in [6.07, 6.45) is 0. The van der Waals surface area contributed by atoms with Crippen molar-refractivity contribution in [3.8, 4) is 77.9 Å². The van der Waals surface area contributed by atoms with Crippen LogP contribution in [0.1, 0.15) is 36.5 Å². The van der Waals surface area contributed by atoms with Gasteiger partial charge in [-0.3, -0.25) is 0 Å². The van der Waals surface area contributed by atoms with Crippen LogP contribution in [-0.4, -0.2) is 18.3 Å². The predicted octanol–water partition coefficient (Wildman–Crippen LogP) is 29.2. The highest BCUT2D eigenvalue weighted by Crippen LogP contribution is 2.54. The quantitative estimate of drug-likeness (QED) is 0.122. The molecule has 4 nitrogen and oxygen atoms in total. The first-order chi connectivity index (χ1) is 53.0. The van der Waals surface area contributed by atoms with Crippen LogP contribution in [-0.2, 0) is 9.31 Å². The second-order valence-corrected chi connectivity index (χ2v) is 30.3. The fraction of sp³-hybridized carbons (Fsp3) is 0.0680. The van der Waals surface area contributed by atoms with E-state index in [1.54, 1.807) is 0 Å². The van der Waals surface area contributed by atoms with Crippen molar-refractivity contribution in [2.75, 3.05) is 9.80 Å². The fourth-order valence-corrected chi connectivity index (χ4v) is 16.9. The van der Waals surface area contributed by atoms with E-state index >= 15 is 0 Å². The van der Waals surface area contributed by atoms with E-state index in [9.17, 15) is 0 Å². The van der Waals surface area contributed by atoms with E-state index in [4.69, 9.17) is 9.31 Å². The minimum absolute atomic E-state index is 0. The molecule has 109 heavy (non-hydrogen) atoms. The maximum atomic E-state index is 6.22. The summed E-state index contributed by atoms with van der Waals surface area (Å²) in [6.45, 7) is 8.35. The third kappa shape index (κ3) is 12.1. The van der Waals surface area contributed by atoms with Gasteiger partial charge in [-0.2, -0.15) is 0 Å². The Morgan fingerprint density at radius 2 is 0.505 bits per heavy atom. The van der Waals surface area contributed by atoms with Gasteiger partial charge in [0, 0.05) is 39.5 Å². The molecule has 3 aliphatic rings. The average molecular weight is 1470 g/mol. The summed E-state index contributed by atoms with van der Waals surface area (Å²) in [5, 5.41) is 15.6. The number of nitrogens with zero attached hydrogens (tertiary/aromatic N) is 2. The Morgan fingerprint density at radius 1 is 0.239 bits per heavy atom. The number of benzene rings is 18. The third-order valence-electron chi connectivity index (χ3n) is 22.6. The largest absolute Gasteiger partial charge is 0.494 e. The SMILES string of the molecule is Brc1ccc2c(c1)-c1ccccc1N(c1ccccc1)c1ccccc1-2.C.CC1(C)OB(c2ccc(-c3ccc4c5ccccc5c5ccccc5c4c3)cc2)OC1(C)C.[2HH].c1ccc(N2c3ccccc3-c3ccc(-c4ccc(-c5ccc6c7ccccc7c7ccccc7c6c5)cc4)cc3-c3ccccc32)cc1. The van der Waals surface area contributed by atoms with Crippen LogP contribution in [0.25, 0.3) is 143 Å². The van der Waals surface area contributed by atoms with Gasteiger partial charge in [-0.25, -0.2) is 0 Å². The second kappa shape index (κ2) is 28.1. The van der Waals surface area contributed by atoms with Crippen LogP contribution in [0.5, 0.6) is 0 Å². The van der Waals surface area contributed by atoms with Crippen molar-refractivity contribution >= 4 is 127 Å². The summed E-state index contributed by atoms with van der Waals surface area (Å²) in [5.41, 5.74) is 24.7. The normalized spacial score (nSPS) is 13.5. The molecule has 1 saturated heterocycles. The van der Waals surface area contributed by atoms with Crippen LogP contribution >= 0.6 is 15.9 Å². The van der Waals surface area contributed by atoms with Crippen LogP contribution in [0.4, 0.5) is 34.1 Å². The van der Waals surface area contributed by atoms with Crippen LogP contribution in [0, 0.1) is 0 Å². The van der Waals surface area contributed by atoms with E-state index in [-0.39, 0.29) is 27.2 Å². The number of anilines is 6. The molecule has 0 N–H and O–H groups in total. The van der Waals surface area contributed by atoms with E-state index < -0.39 is 0 Å². The molecule has 6 heteroatoms. The Labute approximate surface area is 648 Å². The molecule has 0 atom stereocenters. The lowest BCUT2D eigenvalue weighted by atomic mass is 9.78. The Morgan fingerprint density at radius 3 is 0.881 bits per heavy atom. The van der Waals surface area contributed by atoms with Gasteiger partial charge in [0.25, 0.3) is 0 Å². The minimum atomic E-state index is -0.337. The van der Waals surface area contributed by atoms with E-state index in [1.165, 1.54) is 171 Å². The van der Waals surface area contributed by atoms with Crippen molar-refractivity contribution in [2.24, 2.45) is 0 Å². The maximum absolute atomic E-state index is 6.22. The lowest BCUT2D eigenvalue weighted by Gasteiger charge is -2.32. The lowest BCUT2D eigenvalue weighted by Crippen LogP contribution is -2.41. The van der Waals surface area contributed by atoms with Gasteiger partial charge < -0.3 is 19.1 Å². The van der Waals surface area contributed by atoms with Crippen LogP contribution in [0.3, 0.4) is 0 Å². The molecule has 21 rings (SSSR count). The first-order valence-corrected chi connectivity index (χ1v) is 38.0. The second-order valence-electron chi connectivity index (χ2n) is 29.4. The van der Waals surface area contributed by atoms with Crippen molar-refractivity contribution in [1.29, 1.82) is 0 Å². The molecule has 0 spiro atoms. The molecule has 18 aromatic rings. The molecule has 0 aliphatic carbocycles. The Balaban J connectivity index is 0.000000126. The molecule has 0 aromatic heterocycles. The smallest absolute Gasteiger partial charge is 0.399 e. The molecule has 0 amide bonds. The minimum Gasteiger partial charge on any atom is -0.399 e. The van der Waals surface area contributed by atoms with E-state index in [0.717, 1.165) is 15.6 Å². The van der Waals surface area contributed by atoms with Crippen molar-refractivity contribution in [1.82, 2.24) is 0 Å². The third-order valence-corrected chi connectivity index (χ3v) is 23.1. The van der Waals surface area contributed by atoms with Gasteiger partial charge in [-0.1, -0.05) is 321 Å². The highest BCUT2D eigenvalue weighted by molar-refractivity contribution is 9.10.